The molecule has 0 heterocycles. The minimum atomic E-state index is -0.508. The molecule has 2 rings (SSSR count). The van der Waals surface area contributed by atoms with Gasteiger partial charge >= 0.3 is 0 Å². The third kappa shape index (κ3) is 3.04. The number of halogens is 3. The van der Waals surface area contributed by atoms with Crippen LogP contribution in [0.2, 0.25) is 0 Å². The highest BCUT2D eigenvalue weighted by molar-refractivity contribution is 5.50. The maximum atomic E-state index is 13.6. The topological polar surface area (TPSA) is 21.3 Å². The predicted octanol–water partition coefficient (Wildman–Crippen LogP) is 4.29. The van der Waals surface area contributed by atoms with Crippen LogP contribution < -0.4 is 10.1 Å². The first-order valence-corrected chi connectivity index (χ1v) is 6.06. The maximum absolute atomic E-state index is 13.6. The second kappa shape index (κ2) is 5.86. The zero-order valence-corrected chi connectivity index (χ0v) is 11.1. The molecule has 20 heavy (non-hydrogen) atoms. The smallest absolute Gasteiger partial charge is 0.165 e. The van der Waals surface area contributed by atoms with E-state index in [1.54, 1.807) is 6.92 Å². The van der Waals surface area contributed by atoms with Gasteiger partial charge in [0.2, 0.25) is 0 Å². The summed E-state index contributed by atoms with van der Waals surface area (Å²) in [6.45, 7) is 1.69. The van der Waals surface area contributed by atoms with Crippen molar-refractivity contribution in [3.05, 3.63) is 59.4 Å². The Labute approximate surface area is 115 Å². The molecule has 2 aromatic carbocycles. The van der Waals surface area contributed by atoms with Gasteiger partial charge in [0.15, 0.2) is 11.6 Å². The van der Waals surface area contributed by atoms with E-state index in [0.717, 1.165) is 18.2 Å². The van der Waals surface area contributed by atoms with Crippen LogP contribution in [0.1, 0.15) is 18.5 Å². The molecule has 0 aliphatic rings. The van der Waals surface area contributed by atoms with E-state index in [1.165, 1.54) is 25.3 Å². The molecule has 0 aliphatic heterocycles. The van der Waals surface area contributed by atoms with Gasteiger partial charge in [0, 0.05) is 17.3 Å². The van der Waals surface area contributed by atoms with Crippen LogP contribution in [0.4, 0.5) is 18.9 Å². The number of methoxy groups -OCH3 is 1. The van der Waals surface area contributed by atoms with Crippen LogP contribution in [0.5, 0.6) is 5.75 Å². The van der Waals surface area contributed by atoms with Crippen LogP contribution in [0.3, 0.4) is 0 Å². The summed E-state index contributed by atoms with van der Waals surface area (Å²) < 4.78 is 44.9. The van der Waals surface area contributed by atoms with Gasteiger partial charge in [-0.3, -0.25) is 0 Å². The summed E-state index contributed by atoms with van der Waals surface area (Å²) in [4.78, 5) is 0. The fourth-order valence-corrected chi connectivity index (χ4v) is 1.92. The number of nitrogens with one attached hydrogen (secondary N) is 1. The predicted molar refractivity (Wildman–Crippen MR) is 71.3 cm³/mol. The lowest BCUT2D eigenvalue weighted by atomic mass is 10.1. The monoisotopic (exact) mass is 281 g/mol. The molecule has 1 N–H and O–H groups in total. The number of rotatable bonds is 4. The molecule has 1 unspecified atom stereocenters. The molecule has 2 aromatic rings. The van der Waals surface area contributed by atoms with Crippen molar-refractivity contribution in [2.75, 3.05) is 12.4 Å². The Kier molecular flexibility index (Phi) is 4.17. The van der Waals surface area contributed by atoms with E-state index in [0.29, 0.717) is 5.69 Å². The lowest BCUT2D eigenvalue weighted by molar-refractivity contribution is 0.387. The third-order valence-electron chi connectivity index (χ3n) is 2.96. The van der Waals surface area contributed by atoms with Gasteiger partial charge in [0.1, 0.15) is 11.6 Å². The second-order valence-electron chi connectivity index (χ2n) is 4.38. The van der Waals surface area contributed by atoms with E-state index in [1.807, 2.05) is 0 Å². The Balaban J connectivity index is 2.23. The van der Waals surface area contributed by atoms with Gasteiger partial charge in [-0.25, -0.2) is 13.2 Å². The standard InChI is InChI=1S/C15H14F3NO/c1-9(12-7-10(16)3-5-13(12)17)19-11-4-6-14(18)15(8-11)20-2/h3-9,19H,1-2H3. The Bertz CT molecular complexity index is 616. The van der Waals surface area contributed by atoms with Crippen molar-refractivity contribution < 1.29 is 17.9 Å². The highest BCUT2D eigenvalue weighted by Gasteiger charge is 2.13. The maximum Gasteiger partial charge on any atom is 0.165 e. The second-order valence-corrected chi connectivity index (χ2v) is 4.38. The number of hydrogen-bond donors (Lipinski definition) is 1. The molecule has 0 saturated heterocycles. The van der Waals surface area contributed by atoms with Crippen molar-refractivity contribution >= 4 is 5.69 Å². The van der Waals surface area contributed by atoms with Crippen LogP contribution in [0.15, 0.2) is 36.4 Å². The van der Waals surface area contributed by atoms with Crippen molar-refractivity contribution in [1.82, 2.24) is 0 Å². The number of benzene rings is 2. The Morgan fingerprint density at radius 2 is 1.70 bits per heavy atom. The van der Waals surface area contributed by atoms with Gasteiger partial charge in [0.25, 0.3) is 0 Å². The van der Waals surface area contributed by atoms with Gasteiger partial charge in [-0.15, -0.1) is 0 Å². The summed E-state index contributed by atoms with van der Waals surface area (Å²) in [5.41, 5.74) is 0.757. The molecule has 2 nitrogen and oxygen atoms in total. The van der Waals surface area contributed by atoms with E-state index in [4.69, 9.17) is 4.74 Å². The lowest BCUT2D eigenvalue weighted by Crippen LogP contribution is -2.09. The highest BCUT2D eigenvalue weighted by Crippen LogP contribution is 2.26. The third-order valence-corrected chi connectivity index (χ3v) is 2.96. The normalized spacial score (nSPS) is 12.1. The van der Waals surface area contributed by atoms with E-state index in [9.17, 15) is 13.2 Å². The van der Waals surface area contributed by atoms with Crippen LogP contribution in [-0.2, 0) is 0 Å². The molecule has 0 aliphatic carbocycles. The minimum absolute atomic E-state index is 0.0851. The molecule has 106 valence electrons. The summed E-state index contributed by atoms with van der Waals surface area (Å²) >= 11 is 0. The van der Waals surface area contributed by atoms with Gasteiger partial charge < -0.3 is 10.1 Å². The molecule has 0 bridgehead atoms. The van der Waals surface area contributed by atoms with Gasteiger partial charge in [0.05, 0.1) is 13.2 Å². The van der Waals surface area contributed by atoms with Gasteiger partial charge in [-0.1, -0.05) is 0 Å². The van der Waals surface area contributed by atoms with Crippen molar-refractivity contribution in [2.24, 2.45) is 0 Å². The Morgan fingerprint density at radius 3 is 2.40 bits per heavy atom. The Hall–Kier alpha value is -2.17. The van der Waals surface area contributed by atoms with Crippen LogP contribution >= 0.6 is 0 Å². The van der Waals surface area contributed by atoms with Gasteiger partial charge in [-0.2, -0.15) is 0 Å². The van der Waals surface area contributed by atoms with Gasteiger partial charge in [-0.05, 0) is 37.3 Å². The number of hydrogen-bond acceptors (Lipinski definition) is 2. The molecule has 1 atom stereocenters. The van der Waals surface area contributed by atoms with Crippen LogP contribution in [-0.4, -0.2) is 7.11 Å². The number of anilines is 1. The average Bonchev–Trinajstić information content (AvgIpc) is 2.43. The van der Waals surface area contributed by atoms with Crippen LogP contribution in [0.25, 0.3) is 0 Å². The molecule has 0 amide bonds. The van der Waals surface area contributed by atoms with E-state index in [-0.39, 0.29) is 11.3 Å². The molecule has 0 fully saturated rings. The molecular formula is C15H14F3NO. The highest BCUT2D eigenvalue weighted by atomic mass is 19.1. The Morgan fingerprint density at radius 1 is 1.00 bits per heavy atom. The molecule has 5 heteroatoms. The fourth-order valence-electron chi connectivity index (χ4n) is 1.92. The summed E-state index contributed by atoms with van der Waals surface area (Å²) in [6, 6.07) is 7.01. The minimum Gasteiger partial charge on any atom is -0.494 e. The summed E-state index contributed by atoms with van der Waals surface area (Å²) in [6.07, 6.45) is 0. The first-order chi connectivity index (χ1) is 9.51. The quantitative estimate of drug-likeness (QED) is 0.902. The molecule has 0 radical (unpaired) electrons. The SMILES string of the molecule is COc1cc(NC(C)c2cc(F)ccc2F)ccc1F. The lowest BCUT2D eigenvalue weighted by Gasteiger charge is -2.17. The zero-order chi connectivity index (χ0) is 14.7. The van der Waals surface area contributed by atoms with E-state index < -0.39 is 23.5 Å². The van der Waals surface area contributed by atoms with E-state index >= 15 is 0 Å². The summed E-state index contributed by atoms with van der Waals surface area (Å²) in [5.74, 6) is -1.41. The van der Waals surface area contributed by atoms with Crippen molar-refractivity contribution in [2.45, 2.75) is 13.0 Å². The van der Waals surface area contributed by atoms with Crippen LogP contribution in [0, 0.1) is 17.5 Å². The zero-order valence-electron chi connectivity index (χ0n) is 11.1. The number of ether oxygens (including phenoxy) is 1. The van der Waals surface area contributed by atoms with E-state index in [2.05, 4.69) is 5.32 Å². The molecular weight excluding hydrogens is 267 g/mol. The average molecular weight is 281 g/mol. The van der Waals surface area contributed by atoms with Crippen molar-refractivity contribution in [1.29, 1.82) is 0 Å². The molecule has 0 spiro atoms. The molecule has 0 aromatic heterocycles. The fraction of sp³-hybridized carbons (Fsp3) is 0.200. The van der Waals surface area contributed by atoms with Crippen molar-refractivity contribution in [3.8, 4) is 5.75 Å². The largest absolute Gasteiger partial charge is 0.494 e. The summed E-state index contributed by atoms with van der Waals surface area (Å²) in [5, 5.41) is 2.97. The first-order valence-electron chi connectivity index (χ1n) is 6.06. The summed E-state index contributed by atoms with van der Waals surface area (Å²) in [7, 11) is 1.36. The first kappa shape index (κ1) is 14.2. The molecule has 0 saturated carbocycles. The van der Waals surface area contributed by atoms with Crippen molar-refractivity contribution in [3.63, 3.8) is 0 Å².